The lowest BCUT2D eigenvalue weighted by Gasteiger charge is -2.19. The van der Waals surface area contributed by atoms with Crippen LogP contribution in [0.25, 0.3) is 0 Å². The normalized spacial score (nSPS) is 12.5. The van der Waals surface area contributed by atoms with E-state index in [1.54, 1.807) is 7.05 Å². The number of nitrogens with one attached hydrogen (secondary N) is 1. The molecule has 1 nitrogen and oxygen atoms in total. The molecule has 0 aliphatic rings. The van der Waals surface area contributed by atoms with E-state index in [0.717, 1.165) is 21.7 Å². The largest absolute Gasteiger partial charge is 0.309 e. The zero-order valence-corrected chi connectivity index (χ0v) is 12.3. The van der Waals surface area contributed by atoms with Gasteiger partial charge in [0.15, 0.2) is 0 Å². The van der Waals surface area contributed by atoms with Gasteiger partial charge in [0.05, 0.1) is 6.04 Å². The molecule has 2 aromatic rings. The van der Waals surface area contributed by atoms with Crippen LogP contribution in [0.3, 0.4) is 0 Å². The van der Waals surface area contributed by atoms with Crippen molar-refractivity contribution in [2.75, 3.05) is 7.05 Å². The van der Waals surface area contributed by atoms with Gasteiger partial charge >= 0.3 is 0 Å². The van der Waals surface area contributed by atoms with E-state index in [1.807, 2.05) is 25.1 Å². The van der Waals surface area contributed by atoms with Crippen molar-refractivity contribution in [2.24, 2.45) is 0 Å². The summed E-state index contributed by atoms with van der Waals surface area (Å²) >= 11 is 3.44. The molecule has 0 bridgehead atoms. The Morgan fingerprint density at radius 3 is 2.42 bits per heavy atom. The number of rotatable bonds is 3. The van der Waals surface area contributed by atoms with Crippen LogP contribution >= 0.6 is 15.9 Å². The van der Waals surface area contributed by atoms with Crippen molar-refractivity contribution < 1.29 is 8.78 Å². The van der Waals surface area contributed by atoms with Crippen molar-refractivity contribution in [2.45, 2.75) is 13.0 Å². The van der Waals surface area contributed by atoms with E-state index in [0.29, 0.717) is 5.56 Å². The molecule has 1 unspecified atom stereocenters. The molecule has 0 saturated heterocycles. The first-order valence-electron chi connectivity index (χ1n) is 5.91. The summed E-state index contributed by atoms with van der Waals surface area (Å²) in [6, 6.07) is 9.18. The molecule has 2 aromatic carbocycles. The van der Waals surface area contributed by atoms with Crippen LogP contribution in [0.4, 0.5) is 8.78 Å². The van der Waals surface area contributed by atoms with E-state index in [9.17, 15) is 8.78 Å². The van der Waals surface area contributed by atoms with Gasteiger partial charge in [-0.2, -0.15) is 0 Å². The lowest BCUT2D eigenvalue weighted by Crippen LogP contribution is -2.19. The topological polar surface area (TPSA) is 12.0 Å². The first-order valence-corrected chi connectivity index (χ1v) is 6.70. The monoisotopic (exact) mass is 325 g/mol. The van der Waals surface area contributed by atoms with Crippen LogP contribution in [-0.2, 0) is 0 Å². The minimum absolute atomic E-state index is 0.299. The van der Waals surface area contributed by atoms with Crippen LogP contribution in [0.1, 0.15) is 22.7 Å². The Morgan fingerprint density at radius 2 is 1.84 bits per heavy atom. The van der Waals surface area contributed by atoms with Crippen LogP contribution in [0.2, 0.25) is 0 Å². The number of hydrogen-bond donors (Lipinski definition) is 1. The van der Waals surface area contributed by atoms with E-state index < -0.39 is 11.6 Å². The molecule has 0 heterocycles. The fourth-order valence-corrected chi connectivity index (χ4v) is 2.33. The predicted octanol–water partition coefficient (Wildman–Crippen LogP) is 4.34. The van der Waals surface area contributed by atoms with E-state index in [4.69, 9.17) is 0 Å². The van der Waals surface area contributed by atoms with Crippen LogP contribution in [0.15, 0.2) is 40.9 Å². The second kappa shape index (κ2) is 5.80. The molecule has 1 atom stereocenters. The zero-order chi connectivity index (χ0) is 14.0. The van der Waals surface area contributed by atoms with Crippen LogP contribution in [0.5, 0.6) is 0 Å². The fraction of sp³-hybridized carbons (Fsp3) is 0.200. The highest BCUT2D eigenvalue weighted by molar-refractivity contribution is 9.10. The van der Waals surface area contributed by atoms with Crippen LogP contribution in [-0.4, -0.2) is 7.05 Å². The van der Waals surface area contributed by atoms with E-state index in [-0.39, 0.29) is 6.04 Å². The Kier molecular flexibility index (Phi) is 4.32. The SMILES string of the molecule is CNC(c1ccc(Br)c(C)c1)c1ccc(F)cc1F. The molecule has 2 rings (SSSR count). The highest BCUT2D eigenvalue weighted by Gasteiger charge is 2.17. The summed E-state index contributed by atoms with van der Waals surface area (Å²) in [5.74, 6) is -1.11. The maximum absolute atomic E-state index is 13.9. The summed E-state index contributed by atoms with van der Waals surface area (Å²) in [5.41, 5.74) is 2.44. The quantitative estimate of drug-likeness (QED) is 0.884. The van der Waals surface area contributed by atoms with Gasteiger partial charge < -0.3 is 5.32 Å². The third-order valence-corrected chi connectivity index (χ3v) is 3.97. The Morgan fingerprint density at radius 1 is 1.11 bits per heavy atom. The Balaban J connectivity index is 2.46. The average molecular weight is 326 g/mol. The van der Waals surface area contributed by atoms with Crippen LogP contribution in [0, 0.1) is 18.6 Å². The summed E-state index contributed by atoms with van der Waals surface area (Å²) in [7, 11) is 1.75. The number of benzene rings is 2. The Hall–Kier alpha value is -1.26. The highest BCUT2D eigenvalue weighted by Crippen LogP contribution is 2.27. The molecule has 19 heavy (non-hydrogen) atoms. The van der Waals surface area contributed by atoms with Crippen LogP contribution < -0.4 is 5.32 Å². The van der Waals surface area contributed by atoms with Crippen molar-refractivity contribution in [3.8, 4) is 0 Å². The molecule has 0 aliphatic heterocycles. The minimum atomic E-state index is -0.567. The van der Waals surface area contributed by atoms with Gasteiger partial charge in [0.2, 0.25) is 0 Å². The van der Waals surface area contributed by atoms with Gasteiger partial charge in [0, 0.05) is 16.1 Å². The molecule has 4 heteroatoms. The van der Waals surface area contributed by atoms with E-state index in [2.05, 4.69) is 21.2 Å². The number of halogens is 3. The molecule has 100 valence electrons. The lowest BCUT2D eigenvalue weighted by atomic mass is 9.97. The summed E-state index contributed by atoms with van der Waals surface area (Å²) in [6.07, 6.45) is 0. The fourth-order valence-electron chi connectivity index (χ4n) is 2.08. The third kappa shape index (κ3) is 3.01. The third-order valence-electron chi connectivity index (χ3n) is 3.08. The molecule has 0 fully saturated rings. The molecule has 0 radical (unpaired) electrons. The summed E-state index contributed by atoms with van der Waals surface area (Å²) in [6.45, 7) is 1.97. The lowest BCUT2D eigenvalue weighted by molar-refractivity contribution is 0.551. The first kappa shape index (κ1) is 14.2. The van der Waals surface area contributed by atoms with Gasteiger partial charge in [0.25, 0.3) is 0 Å². The molecule has 0 saturated carbocycles. The van der Waals surface area contributed by atoms with Crippen molar-refractivity contribution in [1.29, 1.82) is 0 Å². The minimum Gasteiger partial charge on any atom is -0.309 e. The van der Waals surface area contributed by atoms with E-state index in [1.165, 1.54) is 12.1 Å². The molecule has 1 N–H and O–H groups in total. The summed E-state index contributed by atoms with van der Waals surface area (Å²) in [5, 5.41) is 3.06. The van der Waals surface area contributed by atoms with Gasteiger partial charge in [-0.1, -0.05) is 34.1 Å². The summed E-state index contributed by atoms with van der Waals surface area (Å²) in [4.78, 5) is 0. The Bertz CT molecular complexity index is 599. The maximum Gasteiger partial charge on any atom is 0.131 e. The van der Waals surface area contributed by atoms with Gasteiger partial charge in [-0.05, 0) is 37.2 Å². The van der Waals surface area contributed by atoms with E-state index >= 15 is 0 Å². The maximum atomic E-state index is 13.9. The van der Waals surface area contributed by atoms with Crippen molar-refractivity contribution in [3.63, 3.8) is 0 Å². The summed E-state index contributed by atoms with van der Waals surface area (Å²) < 4.78 is 27.8. The van der Waals surface area contributed by atoms with Crippen molar-refractivity contribution >= 4 is 15.9 Å². The standard InChI is InChI=1S/C15H14BrF2N/c1-9-7-10(3-6-13(9)16)15(19-2)12-5-4-11(17)8-14(12)18/h3-8,15,19H,1-2H3. The van der Waals surface area contributed by atoms with Crippen molar-refractivity contribution in [1.82, 2.24) is 5.32 Å². The molecular formula is C15H14BrF2N. The second-order valence-electron chi connectivity index (χ2n) is 4.40. The highest BCUT2D eigenvalue weighted by atomic mass is 79.9. The van der Waals surface area contributed by atoms with Gasteiger partial charge in [-0.3, -0.25) is 0 Å². The molecule has 0 amide bonds. The molecule has 0 spiro atoms. The number of aryl methyl sites for hydroxylation is 1. The second-order valence-corrected chi connectivity index (χ2v) is 5.25. The smallest absolute Gasteiger partial charge is 0.131 e. The van der Waals surface area contributed by atoms with Gasteiger partial charge in [-0.25, -0.2) is 8.78 Å². The van der Waals surface area contributed by atoms with Gasteiger partial charge in [-0.15, -0.1) is 0 Å². The van der Waals surface area contributed by atoms with Crippen molar-refractivity contribution in [3.05, 3.63) is 69.2 Å². The molecular weight excluding hydrogens is 312 g/mol. The first-order chi connectivity index (χ1) is 9.02. The number of hydrogen-bond acceptors (Lipinski definition) is 1. The predicted molar refractivity (Wildman–Crippen MR) is 76.1 cm³/mol. The molecule has 0 aromatic heterocycles. The average Bonchev–Trinajstić information content (AvgIpc) is 2.37. The van der Waals surface area contributed by atoms with Gasteiger partial charge in [0.1, 0.15) is 11.6 Å². The zero-order valence-electron chi connectivity index (χ0n) is 10.7. The molecule has 0 aliphatic carbocycles. The Labute approximate surface area is 119 Å².